The number of rotatable bonds is 41. The summed E-state index contributed by atoms with van der Waals surface area (Å²) in [4.78, 5) is 12.9. The monoisotopic (exact) mass is 812 g/mol. The van der Waals surface area contributed by atoms with Crippen LogP contribution in [0, 0.1) is 0 Å². The third-order valence-corrected chi connectivity index (χ3v) is 11.9. The fraction of sp³-hybridized carbons (Fsp3) is 0.938. The lowest BCUT2D eigenvalue weighted by Gasteiger charge is -2.40. The van der Waals surface area contributed by atoms with Crippen LogP contribution in [-0.4, -0.2) is 87.5 Å². The number of hydrogen-bond donors (Lipinski definition) is 6. The van der Waals surface area contributed by atoms with Crippen LogP contribution in [0.15, 0.2) is 12.2 Å². The molecule has 1 heterocycles. The molecule has 1 aliphatic heterocycles. The van der Waals surface area contributed by atoms with E-state index in [2.05, 4.69) is 19.2 Å². The lowest BCUT2D eigenvalue weighted by molar-refractivity contribution is -0.302. The van der Waals surface area contributed by atoms with Crippen molar-refractivity contribution < 1.29 is 39.8 Å². The molecule has 6 N–H and O–H groups in total. The third-order valence-electron chi connectivity index (χ3n) is 11.9. The summed E-state index contributed by atoms with van der Waals surface area (Å²) in [6, 6.07) is -0.797. The molecule has 0 bridgehead atoms. The second kappa shape index (κ2) is 39.1. The fourth-order valence-corrected chi connectivity index (χ4v) is 7.92. The topological polar surface area (TPSA) is 149 Å². The Kier molecular flexibility index (Phi) is 37.0. The first-order chi connectivity index (χ1) is 27.8. The molecule has 1 aliphatic rings. The largest absolute Gasteiger partial charge is 0.394 e. The Hall–Kier alpha value is -1.07. The molecule has 1 fully saturated rings. The van der Waals surface area contributed by atoms with Crippen LogP contribution >= 0.6 is 0 Å². The quantitative estimate of drug-likeness (QED) is 0.0264. The Labute approximate surface area is 350 Å². The third kappa shape index (κ3) is 29.7. The van der Waals surface area contributed by atoms with Crippen LogP contribution in [-0.2, 0) is 14.3 Å². The van der Waals surface area contributed by atoms with Gasteiger partial charge in [-0.2, -0.15) is 0 Å². The number of carbonyl (C=O) groups is 1. The van der Waals surface area contributed by atoms with E-state index in [0.29, 0.717) is 6.42 Å². The minimum absolute atomic E-state index is 0.174. The number of aliphatic hydroxyl groups is 5. The number of aliphatic hydroxyl groups excluding tert-OH is 5. The van der Waals surface area contributed by atoms with Crippen molar-refractivity contribution in [1.82, 2.24) is 5.32 Å². The second-order valence-electron chi connectivity index (χ2n) is 17.3. The highest BCUT2D eigenvalue weighted by molar-refractivity contribution is 5.76. The second-order valence-corrected chi connectivity index (χ2v) is 17.3. The van der Waals surface area contributed by atoms with Gasteiger partial charge in [-0.1, -0.05) is 219 Å². The van der Waals surface area contributed by atoms with Gasteiger partial charge in [-0.25, -0.2) is 0 Å². The summed E-state index contributed by atoms with van der Waals surface area (Å²) >= 11 is 0. The van der Waals surface area contributed by atoms with E-state index < -0.39 is 49.5 Å². The standard InChI is InChI=1S/C48H93NO8/c1-3-5-7-9-11-13-15-16-17-18-19-20-21-22-23-24-25-26-27-28-30-32-34-36-38-44(52)49-41(40-56-48-47(55)46(54)45(53)43(39-50)57-48)42(51)37-35-33-31-29-14-12-10-8-6-4-2/h35,37,41-43,45-48,50-51,53-55H,3-34,36,38-40H2,1-2H3,(H,49,52)/b37-35+/t41-,42+,43+,45+,46?,47?,48+/m0/s1. The molecule has 9 nitrogen and oxygen atoms in total. The summed E-state index contributed by atoms with van der Waals surface area (Å²) in [5, 5.41) is 54.1. The summed E-state index contributed by atoms with van der Waals surface area (Å²) in [7, 11) is 0. The van der Waals surface area contributed by atoms with Crippen molar-refractivity contribution >= 4 is 5.91 Å². The van der Waals surface area contributed by atoms with E-state index in [1.807, 2.05) is 6.08 Å². The molecule has 0 aromatic rings. The van der Waals surface area contributed by atoms with Gasteiger partial charge in [0.1, 0.15) is 24.4 Å². The highest BCUT2D eigenvalue weighted by atomic mass is 16.7. The lowest BCUT2D eigenvalue weighted by Crippen LogP contribution is -2.60. The number of amides is 1. The Morgan fingerprint density at radius 2 is 0.965 bits per heavy atom. The van der Waals surface area contributed by atoms with Crippen molar-refractivity contribution in [2.75, 3.05) is 13.2 Å². The SMILES string of the molecule is CCCCCCCCCC/C=C/[C@@H](O)[C@H](CO[C@@H]1O[C@H](CO)[C@@H](O)C(O)C1O)NC(=O)CCCCCCCCCCCCCCCCCCCCCCCCCC. The summed E-state index contributed by atoms with van der Waals surface area (Å²) in [6.45, 7) is 3.77. The van der Waals surface area contributed by atoms with Gasteiger partial charge in [-0.05, 0) is 19.3 Å². The molecule has 0 aromatic heterocycles. The van der Waals surface area contributed by atoms with Crippen LogP contribution in [0.4, 0.5) is 0 Å². The Morgan fingerprint density at radius 1 is 0.579 bits per heavy atom. The van der Waals surface area contributed by atoms with Crippen molar-refractivity contribution in [3.8, 4) is 0 Å². The van der Waals surface area contributed by atoms with Crippen molar-refractivity contribution in [2.24, 2.45) is 0 Å². The minimum atomic E-state index is -1.56. The van der Waals surface area contributed by atoms with Gasteiger partial charge >= 0.3 is 0 Å². The first-order valence-corrected chi connectivity index (χ1v) is 24.4. The molecule has 0 radical (unpaired) electrons. The normalized spacial score (nSPS) is 21.0. The molecule has 9 heteroatoms. The van der Waals surface area contributed by atoms with E-state index in [9.17, 15) is 30.3 Å². The van der Waals surface area contributed by atoms with Gasteiger partial charge in [0, 0.05) is 6.42 Å². The van der Waals surface area contributed by atoms with Gasteiger partial charge in [0.05, 0.1) is 25.4 Å². The van der Waals surface area contributed by atoms with Gasteiger partial charge in [-0.3, -0.25) is 4.79 Å². The molecule has 338 valence electrons. The zero-order chi connectivity index (χ0) is 41.6. The van der Waals surface area contributed by atoms with Crippen molar-refractivity contribution in [1.29, 1.82) is 0 Å². The highest BCUT2D eigenvalue weighted by Crippen LogP contribution is 2.23. The van der Waals surface area contributed by atoms with Gasteiger partial charge in [0.25, 0.3) is 0 Å². The maximum absolute atomic E-state index is 12.9. The molecule has 1 saturated heterocycles. The van der Waals surface area contributed by atoms with Crippen LogP contribution in [0.25, 0.3) is 0 Å². The maximum Gasteiger partial charge on any atom is 0.220 e. The van der Waals surface area contributed by atoms with E-state index in [-0.39, 0.29) is 12.5 Å². The van der Waals surface area contributed by atoms with Crippen LogP contribution in [0.2, 0.25) is 0 Å². The van der Waals surface area contributed by atoms with Crippen molar-refractivity contribution in [3.63, 3.8) is 0 Å². The highest BCUT2D eigenvalue weighted by Gasteiger charge is 2.44. The summed E-state index contributed by atoms with van der Waals surface area (Å²) in [6.07, 6.45) is 38.5. The van der Waals surface area contributed by atoms with Gasteiger partial charge < -0.3 is 40.3 Å². The first-order valence-electron chi connectivity index (χ1n) is 24.4. The average Bonchev–Trinajstić information content (AvgIpc) is 3.21. The maximum atomic E-state index is 12.9. The Morgan fingerprint density at radius 3 is 1.37 bits per heavy atom. The van der Waals surface area contributed by atoms with Crippen LogP contribution in [0.1, 0.15) is 232 Å². The van der Waals surface area contributed by atoms with E-state index >= 15 is 0 Å². The van der Waals surface area contributed by atoms with Crippen LogP contribution in [0.3, 0.4) is 0 Å². The molecule has 1 rings (SSSR count). The van der Waals surface area contributed by atoms with E-state index in [1.54, 1.807) is 6.08 Å². The van der Waals surface area contributed by atoms with Gasteiger partial charge in [0.15, 0.2) is 6.29 Å². The molecule has 0 spiro atoms. The van der Waals surface area contributed by atoms with Gasteiger partial charge in [-0.15, -0.1) is 0 Å². The fourth-order valence-electron chi connectivity index (χ4n) is 7.92. The van der Waals surface area contributed by atoms with Crippen molar-refractivity contribution in [2.45, 2.75) is 275 Å². The molecule has 7 atom stereocenters. The number of allylic oxidation sites excluding steroid dienone is 1. The first kappa shape index (κ1) is 53.9. The number of unbranched alkanes of at least 4 members (excludes halogenated alkanes) is 31. The molecule has 0 aromatic carbocycles. The Balaban J connectivity index is 2.20. The molecular formula is C48H93NO8. The molecule has 57 heavy (non-hydrogen) atoms. The van der Waals surface area contributed by atoms with E-state index in [0.717, 1.165) is 38.5 Å². The summed E-state index contributed by atoms with van der Waals surface area (Å²) in [5.74, 6) is -0.174. The average molecular weight is 812 g/mol. The summed E-state index contributed by atoms with van der Waals surface area (Å²) in [5.41, 5.74) is 0. The smallest absolute Gasteiger partial charge is 0.220 e. The molecule has 0 aliphatic carbocycles. The molecule has 2 unspecified atom stereocenters. The number of carbonyl (C=O) groups excluding carboxylic acids is 1. The van der Waals surface area contributed by atoms with Crippen molar-refractivity contribution in [3.05, 3.63) is 12.2 Å². The predicted molar refractivity (Wildman–Crippen MR) is 235 cm³/mol. The van der Waals surface area contributed by atoms with E-state index in [4.69, 9.17) is 9.47 Å². The predicted octanol–water partition coefficient (Wildman–Crippen LogP) is 10.5. The number of nitrogens with one attached hydrogen (secondary N) is 1. The summed E-state index contributed by atoms with van der Waals surface area (Å²) < 4.78 is 11.2. The molecule has 0 saturated carbocycles. The zero-order valence-electron chi connectivity index (χ0n) is 37.1. The molecule has 1 amide bonds. The van der Waals surface area contributed by atoms with Crippen LogP contribution in [0.5, 0.6) is 0 Å². The minimum Gasteiger partial charge on any atom is -0.394 e. The number of hydrogen-bond acceptors (Lipinski definition) is 8. The van der Waals surface area contributed by atoms with Gasteiger partial charge in [0.2, 0.25) is 5.91 Å². The Bertz CT molecular complexity index is 904. The zero-order valence-corrected chi connectivity index (χ0v) is 37.1. The lowest BCUT2D eigenvalue weighted by atomic mass is 9.99. The molecular weight excluding hydrogens is 719 g/mol. The van der Waals surface area contributed by atoms with E-state index in [1.165, 1.54) is 173 Å². The number of ether oxygens (including phenoxy) is 2. The van der Waals surface area contributed by atoms with Crippen LogP contribution < -0.4 is 5.32 Å².